The standard InChI is InChI=1S/C18H14ClN3O3S/c1-9-20-12-5-4-11(8-15(12)26-9)21-16(23)18(2)17(24)22-13-7-10(19)3-6-14(13)25-18/h3-8H,1-2H3,(H,21,23)(H,22,24). The quantitative estimate of drug-likeness (QED) is 0.651. The van der Waals surface area contributed by atoms with Crippen molar-refractivity contribution in [3.63, 3.8) is 0 Å². The fourth-order valence-electron chi connectivity index (χ4n) is 2.71. The van der Waals surface area contributed by atoms with Crippen molar-refractivity contribution in [2.45, 2.75) is 19.4 Å². The van der Waals surface area contributed by atoms with Gasteiger partial charge in [-0.05, 0) is 50.2 Å². The zero-order valence-corrected chi connectivity index (χ0v) is 15.5. The molecule has 2 aromatic carbocycles. The minimum Gasteiger partial charge on any atom is -0.466 e. The normalized spacial score (nSPS) is 18.8. The highest BCUT2D eigenvalue weighted by Gasteiger charge is 2.47. The first-order valence-electron chi connectivity index (χ1n) is 7.84. The summed E-state index contributed by atoms with van der Waals surface area (Å²) in [7, 11) is 0. The number of nitrogens with one attached hydrogen (secondary N) is 2. The van der Waals surface area contributed by atoms with E-state index in [-0.39, 0.29) is 0 Å². The van der Waals surface area contributed by atoms with Crippen LogP contribution in [0.3, 0.4) is 0 Å². The minimum atomic E-state index is -1.70. The van der Waals surface area contributed by atoms with Crippen LogP contribution < -0.4 is 15.4 Å². The third-order valence-electron chi connectivity index (χ3n) is 4.12. The van der Waals surface area contributed by atoms with E-state index in [1.807, 2.05) is 19.1 Å². The van der Waals surface area contributed by atoms with E-state index >= 15 is 0 Å². The minimum absolute atomic E-state index is 0.389. The molecule has 0 aliphatic carbocycles. The molecule has 0 saturated carbocycles. The summed E-state index contributed by atoms with van der Waals surface area (Å²) in [5.41, 5.74) is 0.188. The maximum Gasteiger partial charge on any atom is 0.278 e. The number of ether oxygens (including phenoxy) is 1. The predicted molar refractivity (Wildman–Crippen MR) is 102 cm³/mol. The van der Waals surface area contributed by atoms with Crippen LogP contribution in [0.1, 0.15) is 11.9 Å². The summed E-state index contributed by atoms with van der Waals surface area (Å²) in [4.78, 5) is 29.7. The van der Waals surface area contributed by atoms with Crippen molar-refractivity contribution in [3.05, 3.63) is 46.4 Å². The van der Waals surface area contributed by atoms with Crippen molar-refractivity contribution in [3.8, 4) is 5.75 Å². The molecule has 1 aliphatic heterocycles. The molecular weight excluding hydrogens is 374 g/mol. The van der Waals surface area contributed by atoms with E-state index in [2.05, 4.69) is 15.6 Å². The van der Waals surface area contributed by atoms with Gasteiger partial charge in [0, 0.05) is 10.7 Å². The summed E-state index contributed by atoms with van der Waals surface area (Å²) in [6.07, 6.45) is 0. The molecule has 26 heavy (non-hydrogen) atoms. The molecule has 6 nitrogen and oxygen atoms in total. The second-order valence-corrected chi connectivity index (χ2v) is 7.77. The Bertz CT molecular complexity index is 1070. The Kier molecular flexibility index (Phi) is 3.86. The molecule has 1 aliphatic rings. The summed E-state index contributed by atoms with van der Waals surface area (Å²) in [5, 5.41) is 6.84. The monoisotopic (exact) mass is 387 g/mol. The van der Waals surface area contributed by atoms with Gasteiger partial charge >= 0.3 is 0 Å². The summed E-state index contributed by atoms with van der Waals surface area (Å²) in [6.45, 7) is 3.36. The smallest absolute Gasteiger partial charge is 0.278 e. The second-order valence-electron chi connectivity index (χ2n) is 6.10. The summed E-state index contributed by atoms with van der Waals surface area (Å²) < 4.78 is 6.68. The Labute approximate surface area is 158 Å². The molecule has 1 unspecified atom stereocenters. The first kappa shape index (κ1) is 16.8. The third kappa shape index (κ3) is 2.79. The first-order valence-corrected chi connectivity index (χ1v) is 9.03. The maximum atomic E-state index is 12.8. The molecule has 4 rings (SSSR count). The maximum absolute atomic E-state index is 12.8. The Morgan fingerprint density at radius 3 is 2.92 bits per heavy atom. The van der Waals surface area contributed by atoms with Crippen molar-refractivity contribution in [2.75, 3.05) is 10.6 Å². The second kappa shape index (κ2) is 5.96. The van der Waals surface area contributed by atoms with Gasteiger partial charge in [0.1, 0.15) is 5.75 Å². The Morgan fingerprint density at radius 2 is 2.12 bits per heavy atom. The summed E-state index contributed by atoms with van der Waals surface area (Å²) in [5.74, 6) is -0.726. The fourth-order valence-corrected chi connectivity index (χ4v) is 3.75. The van der Waals surface area contributed by atoms with E-state index in [9.17, 15) is 9.59 Å². The Morgan fingerprint density at radius 1 is 1.31 bits per heavy atom. The summed E-state index contributed by atoms with van der Waals surface area (Å²) in [6, 6.07) is 10.2. The van der Waals surface area contributed by atoms with Gasteiger partial charge in [-0.15, -0.1) is 11.3 Å². The number of rotatable bonds is 2. The van der Waals surface area contributed by atoms with Gasteiger partial charge in [0.05, 0.1) is 20.9 Å². The molecule has 0 saturated heterocycles. The lowest BCUT2D eigenvalue weighted by molar-refractivity contribution is -0.143. The molecule has 0 fully saturated rings. The Balaban J connectivity index is 1.61. The number of aryl methyl sites for hydroxylation is 1. The average Bonchev–Trinajstić information content (AvgIpc) is 2.95. The van der Waals surface area contributed by atoms with E-state index in [0.29, 0.717) is 22.1 Å². The van der Waals surface area contributed by atoms with Crippen LogP contribution in [0.4, 0.5) is 11.4 Å². The number of benzene rings is 2. The molecule has 0 radical (unpaired) electrons. The summed E-state index contributed by atoms with van der Waals surface area (Å²) >= 11 is 7.46. The van der Waals surface area contributed by atoms with Crippen LogP contribution in [-0.2, 0) is 9.59 Å². The average molecular weight is 388 g/mol. The lowest BCUT2D eigenvalue weighted by atomic mass is 10.0. The van der Waals surface area contributed by atoms with Gasteiger partial charge in [-0.3, -0.25) is 9.59 Å². The van der Waals surface area contributed by atoms with E-state index in [1.54, 1.807) is 24.3 Å². The predicted octanol–water partition coefficient (Wildman–Crippen LogP) is 3.99. The number of halogens is 1. The number of anilines is 2. The zero-order valence-electron chi connectivity index (χ0n) is 13.9. The number of carbonyl (C=O) groups is 2. The van der Waals surface area contributed by atoms with Crippen LogP contribution in [0.15, 0.2) is 36.4 Å². The van der Waals surface area contributed by atoms with Gasteiger partial charge in [0.25, 0.3) is 17.4 Å². The van der Waals surface area contributed by atoms with Crippen LogP contribution in [0.2, 0.25) is 5.02 Å². The van der Waals surface area contributed by atoms with E-state index < -0.39 is 17.4 Å². The molecule has 0 bridgehead atoms. The van der Waals surface area contributed by atoms with Crippen LogP contribution in [0.5, 0.6) is 5.75 Å². The SMILES string of the molecule is Cc1nc2ccc(NC(=O)C3(C)Oc4ccc(Cl)cc4NC3=O)cc2s1. The topological polar surface area (TPSA) is 80.3 Å². The number of hydrogen-bond donors (Lipinski definition) is 2. The highest BCUT2D eigenvalue weighted by atomic mass is 35.5. The van der Waals surface area contributed by atoms with Crippen LogP contribution in [0, 0.1) is 6.92 Å². The van der Waals surface area contributed by atoms with Gasteiger partial charge in [0.2, 0.25) is 0 Å². The van der Waals surface area contributed by atoms with Crippen LogP contribution in [-0.4, -0.2) is 22.4 Å². The van der Waals surface area contributed by atoms with Gasteiger partial charge < -0.3 is 15.4 Å². The van der Waals surface area contributed by atoms with Crippen molar-refractivity contribution in [2.24, 2.45) is 0 Å². The molecule has 2 amide bonds. The van der Waals surface area contributed by atoms with Crippen LogP contribution >= 0.6 is 22.9 Å². The molecule has 1 atom stereocenters. The van der Waals surface area contributed by atoms with Gasteiger partial charge in [-0.1, -0.05) is 11.6 Å². The molecule has 2 N–H and O–H groups in total. The number of carbonyl (C=O) groups excluding carboxylic acids is 2. The van der Waals surface area contributed by atoms with Crippen LogP contribution in [0.25, 0.3) is 10.2 Å². The molecule has 3 aromatic rings. The number of amides is 2. The van der Waals surface area contributed by atoms with Crippen molar-refractivity contribution >= 4 is 56.3 Å². The largest absolute Gasteiger partial charge is 0.466 e. The number of hydrogen-bond acceptors (Lipinski definition) is 5. The van der Waals surface area contributed by atoms with E-state index in [1.165, 1.54) is 18.3 Å². The van der Waals surface area contributed by atoms with Crippen molar-refractivity contribution < 1.29 is 14.3 Å². The first-order chi connectivity index (χ1) is 12.3. The fraction of sp³-hybridized carbons (Fsp3) is 0.167. The highest BCUT2D eigenvalue weighted by Crippen LogP contribution is 2.36. The molecule has 0 spiro atoms. The van der Waals surface area contributed by atoms with E-state index in [0.717, 1.165) is 15.2 Å². The lowest BCUT2D eigenvalue weighted by Crippen LogP contribution is -2.56. The highest BCUT2D eigenvalue weighted by molar-refractivity contribution is 7.18. The molecule has 132 valence electrons. The molecule has 8 heteroatoms. The zero-order chi connectivity index (χ0) is 18.5. The number of aromatic nitrogens is 1. The molecule has 1 aromatic heterocycles. The number of nitrogens with zero attached hydrogens (tertiary/aromatic N) is 1. The lowest BCUT2D eigenvalue weighted by Gasteiger charge is -2.33. The van der Waals surface area contributed by atoms with Crippen molar-refractivity contribution in [1.82, 2.24) is 4.98 Å². The van der Waals surface area contributed by atoms with Crippen molar-refractivity contribution in [1.29, 1.82) is 0 Å². The number of fused-ring (bicyclic) bond motifs is 2. The number of thiazole rings is 1. The van der Waals surface area contributed by atoms with Gasteiger partial charge in [-0.2, -0.15) is 0 Å². The van der Waals surface area contributed by atoms with Gasteiger partial charge in [-0.25, -0.2) is 4.98 Å². The van der Waals surface area contributed by atoms with Gasteiger partial charge in [0.15, 0.2) is 0 Å². The van der Waals surface area contributed by atoms with E-state index in [4.69, 9.17) is 16.3 Å². The molecule has 2 heterocycles. The third-order valence-corrected chi connectivity index (χ3v) is 5.29. The molecular formula is C18H14ClN3O3S. The Hall–Kier alpha value is -2.64.